The van der Waals surface area contributed by atoms with Gasteiger partial charge in [-0.2, -0.15) is 0 Å². The number of nitrogens with zero attached hydrogens (tertiary/aromatic N) is 1. The molecule has 0 radical (unpaired) electrons. The van der Waals surface area contributed by atoms with Gasteiger partial charge in [0.1, 0.15) is 0 Å². The van der Waals surface area contributed by atoms with E-state index in [4.69, 9.17) is 11.6 Å². The highest BCUT2D eigenvalue weighted by Gasteiger charge is 2.28. The molecule has 12 heavy (non-hydrogen) atoms. The van der Waals surface area contributed by atoms with E-state index >= 15 is 0 Å². The summed E-state index contributed by atoms with van der Waals surface area (Å²) >= 11 is 5.79. The number of hydrogen-bond donors (Lipinski definition) is 0. The Morgan fingerprint density at radius 2 is 2.33 bits per heavy atom. The number of likely N-dealkylation sites (tertiary alicyclic amines) is 1. The fourth-order valence-corrected chi connectivity index (χ4v) is 2.12. The quantitative estimate of drug-likeness (QED) is 0.609. The third kappa shape index (κ3) is 1.92. The normalized spacial score (nSPS) is 25.2. The van der Waals surface area contributed by atoms with Crippen LogP contribution < -0.4 is 0 Å². The molecule has 70 valence electrons. The van der Waals surface area contributed by atoms with Gasteiger partial charge in [0.05, 0.1) is 0 Å². The van der Waals surface area contributed by atoms with Crippen LogP contribution in [0.5, 0.6) is 0 Å². The highest BCUT2D eigenvalue weighted by Crippen LogP contribution is 2.21. The highest BCUT2D eigenvalue weighted by atomic mass is 35.5. The van der Waals surface area contributed by atoms with Crippen LogP contribution in [0.1, 0.15) is 33.1 Å². The second-order valence-corrected chi connectivity index (χ2v) is 3.90. The van der Waals surface area contributed by atoms with E-state index in [0.717, 1.165) is 12.8 Å². The van der Waals surface area contributed by atoms with Crippen molar-refractivity contribution in [2.24, 2.45) is 0 Å². The minimum atomic E-state index is 0.266. The van der Waals surface area contributed by atoms with Crippen LogP contribution in [0.25, 0.3) is 0 Å². The molecule has 0 N–H and O–H groups in total. The molecule has 0 aliphatic carbocycles. The van der Waals surface area contributed by atoms with Gasteiger partial charge >= 0.3 is 0 Å². The maximum atomic E-state index is 11.5. The molecular weight excluding hydrogens is 174 g/mol. The number of halogens is 1. The Balaban J connectivity index is 2.66. The molecule has 2 nitrogen and oxygen atoms in total. The molecule has 0 aromatic heterocycles. The predicted octanol–water partition coefficient (Wildman–Crippen LogP) is 2.01. The summed E-state index contributed by atoms with van der Waals surface area (Å²) in [4.78, 5) is 13.4. The predicted molar refractivity (Wildman–Crippen MR) is 50.3 cm³/mol. The smallest absolute Gasteiger partial charge is 0.223 e. The fourth-order valence-electron chi connectivity index (χ4n) is 1.82. The zero-order chi connectivity index (χ0) is 9.14. The average molecular weight is 190 g/mol. The van der Waals surface area contributed by atoms with Gasteiger partial charge in [0, 0.05) is 24.4 Å². The standard InChI is InChI=1S/C9H16ClNO/c1-7(2)11-8(6-10)4-3-5-9(11)12/h7-8H,3-6H2,1-2H3. The first-order valence-electron chi connectivity index (χ1n) is 4.54. The third-order valence-corrected chi connectivity index (χ3v) is 2.70. The van der Waals surface area contributed by atoms with Crippen molar-refractivity contribution in [3.63, 3.8) is 0 Å². The Labute approximate surface area is 78.9 Å². The summed E-state index contributed by atoms with van der Waals surface area (Å²) in [5.41, 5.74) is 0. The van der Waals surface area contributed by atoms with Crippen LogP contribution in [0.15, 0.2) is 0 Å². The number of hydrogen-bond acceptors (Lipinski definition) is 1. The summed E-state index contributed by atoms with van der Waals surface area (Å²) in [5, 5.41) is 0. The maximum Gasteiger partial charge on any atom is 0.223 e. The highest BCUT2D eigenvalue weighted by molar-refractivity contribution is 6.18. The first kappa shape index (κ1) is 9.85. The number of carbonyl (C=O) groups is 1. The van der Waals surface area contributed by atoms with Crippen LogP contribution in [-0.2, 0) is 4.79 Å². The van der Waals surface area contributed by atoms with Gasteiger partial charge in [-0.1, -0.05) is 0 Å². The van der Waals surface area contributed by atoms with Gasteiger partial charge < -0.3 is 4.90 Å². The number of rotatable bonds is 2. The number of piperidine rings is 1. The summed E-state index contributed by atoms with van der Waals surface area (Å²) < 4.78 is 0. The lowest BCUT2D eigenvalue weighted by atomic mass is 10.0. The molecule has 0 aromatic rings. The van der Waals surface area contributed by atoms with Crippen LogP contribution in [-0.4, -0.2) is 28.8 Å². The third-order valence-electron chi connectivity index (χ3n) is 2.34. The van der Waals surface area contributed by atoms with Crippen molar-refractivity contribution in [1.29, 1.82) is 0 Å². The van der Waals surface area contributed by atoms with Crippen molar-refractivity contribution < 1.29 is 4.79 Å². The lowest BCUT2D eigenvalue weighted by Crippen LogP contribution is -2.48. The van der Waals surface area contributed by atoms with Gasteiger partial charge in [-0.05, 0) is 26.7 Å². The van der Waals surface area contributed by atoms with Crippen molar-refractivity contribution in [2.75, 3.05) is 5.88 Å². The van der Waals surface area contributed by atoms with Gasteiger partial charge in [-0.25, -0.2) is 0 Å². The van der Waals surface area contributed by atoms with E-state index < -0.39 is 0 Å². The van der Waals surface area contributed by atoms with Crippen LogP contribution in [0, 0.1) is 0 Å². The van der Waals surface area contributed by atoms with Gasteiger partial charge in [-0.3, -0.25) is 4.79 Å². The van der Waals surface area contributed by atoms with E-state index in [1.807, 2.05) is 18.7 Å². The zero-order valence-corrected chi connectivity index (χ0v) is 8.47. The molecular formula is C9H16ClNO. The molecule has 1 amide bonds. The van der Waals surface area contributed by atoms with Crippen LogP contribution in [0.4, 0.5) is 0 Å². The van der Waals surface area contributed by atoms with Gasteiger partial charge in [0.25, 0.3) is 0 Å². The molecule has 0 bridgehead atoms. The van der Waals surface area contributed by atoms with Gasteiger partial charge in [-0.15, -0.1) is 11.6 Å². The molecule has 1 fully saturated rings. The first-order chi connectivity index (χ1) is 5.66. The van der Waals surface area contributed by atoms with E-state index in [1.165, 1.54) is 0 Å². The number of carbonyl (C=O) groups excluding carboxylic acids is 1. The summed E-state index contributed by atoms with van der Waals surface area (Å²) in [6.45, 7) is 4.09. The first-order valence-corrected chi connectivity index (χ1v) is 5.07. The molecule has 1 heterocycles. The maximum absolute atomic E-state index is 11.5. The van der Waals surface area contributed by atoms with Crippen molar-refractivity contribution in [3.05, 3.63) is 0 Å². The van der Waals surface area contributed by atoms with E-state index in [-0.39, 0.29) is 11.9 Å². The molecule has 3 heteroatoms. The topological polar surface area (TPSA) is 20.3 Å². The summed E-state index contributed by atoms with van der Waals surface area (Å²) in [7, 11) is 0. The molecule has 0 saturated carbocycles. The minimum absolute atomic E-state index is 0.266. The Bertz CT molecular complexity index is 170. The monoisotopic (exact) mass is 189 g/mol. The van der Waals surface area contributed by atoms with Gasteiger partial charge in [0.2, 0.25) is 5.91 Å². The summed E-state index contributed by atoms with van der Waals surface area (Å²) in [6.07, 6.45) is 2.76. The second-order valence-electron chi connectivity index (χ2n) is 3.60. The number of alkyl halides is 1. The molecule has 1 aliphatic heterocycles. The van der Waals surface area contributed by atoms with Crippen molar-refractivity contribution in [2.45, 2.75) is 45.2 Å². The van der Waals surface area contributed by atoms with E-state index in [1.54, 1.807) is 0 Å². The summed E-state index contributed by atoms with van der Waals surface area (Å²) in [5.74, 6) is 0.839. The van der Waals surface area contributed by atoms with Crippen LogP contribution in [0.3, 0.4) is 0 Å². The number of amides is 1. The largest absolute Gasteiger partial charge is 0.336 e. The molecule has 1 unspecified atom stereocenters. The Morgan fingerprint density at radius 1 is 1.67 bits per heavy atom. The average Bonchev–Trinajstić information content (AvgIpc) is 2.03. The Hall–Kier alpha value is -0.240. The molecule has 0 aromatic carbocycles. The second kappa shape index (κ2) is 4.13. The van der Waals surface area contributed by atoms with Crippen LogP contribution in [0.2, 0.25) is 0 Å². The van der Waals surface area contributed by atoms with Crippen molar-refractivity contribution in [3.8, 4) is 0 Å². The SMILES string of the molecule is CC(C)N1C(=O)CCCC1CCl. The van der Waals surface area contributed by atoms with Crippen molar-refractivity contribution >= 4 is 17.5 Å². The Morgan fingerprint density at radius 3 is 2.75 bits per heavy atom. The minimum Gasteiger partial charge on any atom is -0.336 e. The zero-order valence-electron chi connectivity index (χ0n) is 7.72. The van der Waals surface area contributed by atoms with E-state index in [0.29, 0.717) is 18.3 Å². The molecule has 1 rings (SSSR count). The fraction of sp³-hybridized carbons (Fsp3) is 0.889. The molecule has 0 spiro atoms. The van der Waals surface area contributed by atoms with Gasteiger partial charge in [0.15, 0.2) is 0 Å². The Kier molecular flexibility index (Phi) is 3.39. The lowest BCUT2D eigenvalue weighted by molar-refractivity contribution is -0.137. The van der Waals surface area contributed by atoms with E-state index in [9.17, 15) is 4.79 Å². The lowest BCUT2D eigenvalue weighted by Gasteiger charge is -2.37. The molecule has 1 aliphatic rings. The van der Waals surface area contributed by atoms with Crippen molar-refractivity contribution in [1.82, 2.24) is 4.90 Å². The summed E-state index contributed by atoms with van der Waals surface area (Å²) in [6, 6.07) is 0.564. The van der Waals surface area contributed by atoms with Crippen LogP contribution >= 0.6 is 11.6 Å². The molecule has 1 atom stereocenters. The van der Waals surface area contributed by atoms with E-state index in [2.05, 4.69) is 0 Å². The molecule has 1 saturated heterocycles.